The van der Waals surface area contributed by atoms with Gasteiger partial charge in [-0.05, 0) is 48.2 Å². The van der Waals surface area contributed by atoms with Crippen LogP contribution in [0.1, 0.15) is 22.7 Å². The minimum absolute atomic E-state index is 0.119. The number of methoxy groups -OCH3 is 1. The molecule has 0 spiro atoms. The highest BCUT2D eigenvalue weighted by Gasteiger charge is 2.41. The normalized spacial score (nSPS) is 20.1. The van der Waals surface area contributed by atoms with Crippen molar-refractivity contribution in [3.05, 3.63) is 59.2 Å². The zero-order chi connectivity index (χ0) is 19.2. The molecule has 1 fully saturated rings. The van der Waals surface area contributed by atoms with Crippen LogP contribution >= 0.6 is 0 Å². The second kappa shape index (κ2) is 6.65. The fourth-order valence-electron chi connectivity index (χ4n) is 3.99. The molecule has 2 heterocycles. The predicted molar refractivity (Wildman–Crippen MR) is 101 cm³/mol. The van der Waals surface area contributed by atoms with Crippen molar-refractivity contribution in [3.63, 3.8) is 0 Å². The molecule has 2 aromatic rings. The van der Waals surface area contributed by atoms with Crippen LogP contribution in [0.3, 0.4) is 0 Å². The molecule has 1 unspecified atom stereocenters. The van der Waals surface area contributed by atoms with Gasteiger partial charge in [0.25, 0.3) is 0 Å². The Balaban J connectivity index is 1.69. The van der Waals surface area contributed by atoms with E-state index in [0.29, 0.717) is 12.3 Å². The first-order chi connectivity index (χ1) is 12.9. The number of amides is 1. The van der Waals surface area contributed by atoms with Crippen molar-refractivity contribution in [2.24, 2.45) is 0 Å². The maximum Gasteiger partial charge on any atom is 0.243 e. The van der Waals surface area contributed by atoms with E-state index in [1.165, 1.54) is 15.9 Å². The van der Waals surface area contributed by atoms with Crippen LogP contribution in [0, 0.1) is 6.92 Å². The molecule has 1 amide bonds. The molecule has 6 nitrogen and oxygen atoms in total. The lowest BCUT2D eigenvalue weighted by atomic mass is 9.91. The van der Waals surface area contributed by atoms with Gasteiger partial charge >= 0.3 is 0 Å². The lowest BCUT2D eigenvalue weighted by molar-refractivity contribution is -0.138. The molecular weight excluding hydrogens is 364 g/mol. The van der Waals surface area contributed by atoms with Gasteiger partial charge in [-0.25, -0.2) is 8.42 Å². The van der Waals surface area contributed by atoms with Gasteiger partial charge in [0.2, 0.25) is 15.9 Å². The van der Waals surface area contributed by atoms with Gasteiger partial charge < -0.3 is 9.64 Å². The highest BCUT2D eigenvalue weighted by molar-refractivity contribution is 7.89. The molecular formula is C20H22N2O4S. The smallest absolute Gasteiger partial charge is 0.243 e. The summed E-state index contributed by atoms with van der Waals surface area (Å²) in [6, 6.07) is 12.5. The summed E-state index contributed by atoms with van der Waals surface area (Å²) < 4.78 is 32.9. The Kier molecular flexibility index (Phi) is 4.44. The molecule has 0 N–H and O–H groups in total. The average Bonchev–Trinajstić information content (AvgIpc) is 2.67. The first-order valence-corrected chi connectivity index (χ1v) is 10.4. The fourth-order valence-corrected chi connectivity index (χ4v) is 5.47. The molecule has 142 valence electrons. The van der Waals surface area contributed by atoms with Crippen LogP contribution in [0.25, 0.3) is 0 Å². The van der Waals surface area contributed by atoms with Crippen molar-refractivity contribution in [1.29, 1.82) is 0 Å². The number of sulfonamides is 1. The summed E-state index contributed by atoms with van der Waals surface area (Å²) in [5.74, 6) is 0.491. The standard InChI is InChI=1S/C20H22N2O4S/c1-14-11-16(7-8-19(14)26-2)27(24,25)21-12-18-17-6-4-3-5-15(17)9-10-22(18)20(23)13-21/h3-8,11,18H,9-10,12-13H2,1-2H3. The molecule has 7 heteroatoms. The van der Waals surface area contributed by atoms with Gasteiger partial charge in [-0.3, -0.25) is 4.79 Å². The van der Waals surface area contributed by atoms with Gasteiger partial charge in [-0.2, -0.15) is 4.31 Å². The monoisotopic (exact) mass is 386 g/mol. The summed E-state index contributed by atoms with van der Waals surface area (Å²) in [7, 11) is -2.21. The minimum atomic E-state index is -3.77. The fraction of sp³-hybridized carbons (Fsp3) is 0.350. The van der Waals surface area contributed by atoms with E-state index >= 15 is 0 Å². The Morgan fingerprint density at radius 1 is 1.15 bits per heavy atom. The zero-order valence-electron chi connectivity index (χ0n) is 15.4. The van der Waals surface area contributed by atoms with Gasteiger partial charge in [0.1, 0.15) is 5.75 Å². The van der Waals surface area contributed by atoms with Gasteiger partial charge in [-0.15, -0.1) is 0 Å². The third kappa shape index (κ3) is 3.00. The Bertz CT molecular complexity index is 1000. The molecule has 2 aliphatic heterocycles. The van der Waals surface area contributed by atoms with E-state index in [2.05, 4.69) is 6.07 Å². The Morgan fingerprint density at radius 2 is 1.93 bits per heavy atom. The van der Waals surface area contributed by atoms with E-state index in [-0.39, 0.29) is 29.9 Å². The number of aryl methyl sites for hydroxylation is 1. The van der Waals surface area contributed by atoms with E-state index in [1.54, 1.807) is 26.2 Å². The SMILES string of the molecule is COc1ccc(S(=O)(=O)N2CC(=O)N3CCc4ccccc4C3C2)cc1C. The zero-order valence-corrected chi connectivity index (χ0v) is 16.2. The Morgan fingerprint density at radius 3 is 2.67 bits per heavy atom. The molecule has 0 bridgehead atoms. The Labute approximate surface area is 159 Å². The first-order valence-electron chi connectivity index (χ1n) is 8.94. The maximum atomic E-state index is 13.2. The van der Waals surface area contributed by atoms with Crippen LogP contribution in [0.15, 0.2) is 47.4 Å². The number of hydrogen-bond donors (Lipinski definition) is 0. The number of fused-ring (bicyclic) bond motifs is 3. The summed E-state index contributed by atoms with van der Waals surface area (Å²) in [5, 5.41) is 0. The number of hydrogen-bond acceptors (Lipinski definition) is 4. The maximum absolute atomic E-state index is 13.2. The van der Waals surface area contributed by atoms with Gasteiger partial charge in [0.15, 0.2) is 0 Å². The number of piperazine rings is 1. The van der Waals surface area contributed by atoms with Crippen LogP contribution in [-0.2, 0) is 21.2 Å². The van der Waals surface area contributed by atoms with Gasteiger partial charge in [0, 0.05) is 13.1 Å². The third-order valence-electron chi connectivity index (χ3n) is 5.42. The average molecular weight is 386 g/mol. The van der Waals surface area contributed by atoms with E-state index in [4.69, 9.17) is 4.74 Å². The highest BCUT2D eigenvalue weighted by atomic mass is 32.2. The number of nitrogens with zero attached hydrogens (tertiary/aromatic N) is 2. The van der Waals surface area contributed by atoms with E-state index in [9.17, 15) is 13.2 Å². The van der Waals surface area contributed by atoms with Gasteiger partial charge in [-0.1, -0.05) is 24.3 Å². The number of rotatable bonds is 3. The highest BCUT2D eigenvalue weighted by Crippen LogP contribution is 2.35. The number of carbonyl (C=O) groups is 1. The van der Waals surface area contributed by atoms with Crippen molar-refractivity contribution in [2.45, 2.75) is 24.3 Å². The van der Waals surface area contributed by atoms with E-state index < -0.39 is 10.0 Å². The lowest BCUT2D eigenvalue weighted by Gasteiger charge is -2.44. The van der Waals surface area contributed by atoms with Crippen LogP contribution in [0.5, 0.6) is 5.75 Å². The predicted octanol–water partition coefficient (Wildman–Crippen LogP) is 2.13. The summed E-state index contributed by atoms with van der Waals surface area (Å²) in [4.78, 5) is 14.7. The van der Waals surface area contributed by atoms with Crippen molar-refractivity contribution in [2.75, 3.05) is 26.7 Å². The van der Waals surface area contributed by atoms with Crippen molar-refractivity contribution < 1.29 is 17.9 Å². The van der Waals surface area contributed by atoms with Crippen LogP contribution in [-0.4, -0.2) is 50.3 Å². The van der Waals surface area contributed by atoms with E-state index in [0.717, 1.165) is 17.5 Å². The molecule has 1 atom stereocenters. The third-order valence-corrected chi connectivity index (χ3v) is 7.23. The summed E-state index contributed by atoms with van der Waals surface area (Å²) in [5.41, 5.74) is 2.97. The summed E-state index contributed by atoms with van der Waals surface area (Å²) in [6.07, 6.45) is 0.808. The molecule has 2 aromatic carbocycles. The number of ether oxygens (including phenoxy) is 1. The lowest BCUT2D eigenvalue weighted by Crippen LogP contribution is -2.55. The molecule has 0 radical (unpaired) electrons. The van der Waals surface area contributed by atoms with Crippen LogP contribution in [0.4, 0.5) is 0 Å². The van der Waals surface area contributed by atoms with Crippen molar-refractivity contribution >= 4 is 15.9 Å². The summed E-state index contributed by atoms with van der Waals surface area (Å²) >= 11 is 0. The van der Waals surface area contributed by atoms with Crippen molar-refractivity contribution in [3.8, 4) is 5.75 Å². The second-order valence-electron chi connectivity index (χ2n) is 6.98. The molecule has 0 aliphatic carbocycles. The topological polar surface area (TPSA) is 66.9 Å². The quantitative estimate of drug-likeness (QED) is 0.811. The largest absolute Gasteiger partial charge is 0.496 e. The minimum Gasteiger partial charge on any atom is -0.496 e. The van der Waals surface area contributed by atoms with E-state index in [1.807, 2.05) is 23.1 Å². The molecule has 0 aromatic heterocycles. The Hall–Kier alpha value is -2.38. The van der Waals surface area contributed by atoms with Crippen LogP contribution in [0.2, 0.25) is 0 Å². The van der Waals surface area contributed by atoms with Crippen molar-refractivity contribution in [1.82, 2.24) is 9.21 Å². The number of carbonyl (C=O) groups excluding carboxylic acids is 1. The summed E-state index contributed by atoms with van der Waals surface area (Å²) in [6.45, 7) is 2.59. The van der Waals surface area contributed by atoms with Crippen LogP contribution < -0.4 is 4.74 Å². The molecule has 2 aliphatic rings. The van der Waals surface area contributed by atoms with Gasteiger partial charge in [0.05, 0.1) is 24.6 Å². The first kappa shape index (κ1) is 18.0. The molecule has 1 saturated heterocycles. The molecule has 0 saturated carbocycles. The molecule has 4 rings (SSSR count). The number of benzene rings is 2. The second-order valence-corrected chi connectivity index (χ2v) is 8.92. The molecule has 27 heavy (non-hydrogen) atoms.